The Bertz CT molecular complexity index is 529. The summed E-state index contributed by atoms with van der Waals surface area (Å²) < 4.78 is 37.9. The van der Waals surface area contributed by atoms with Crippen molar-refractivity contribution in [3.8, 4) is 0 Å². The van der Waals surface area contributed by atoms with E-state index >= 15 is 0 Å². The maximum absolute atomic E-state index is 12.6. The predicted molar refractivity (Wildman–Crippen MR) is 80.4 cm³/mol. The van der Waals surface area contributed by atoms with Gasteiger partial charge in [-0.05, 0) is 44.7 Å². The highest BCUT2D eigenvalue weighted by atomic mass is 35.5. The first-order valence-electron chi connectivity index (χ1n) is 7.26. The molecule has 22 heavy (non-hydrogen) atoms. The minimum atomic E-state index is -4.48. The molecule has 0 radical (unpaired) electrons. The van der Waals surface area contributed by atoms with Crippen LogP contribution in [0.25, 0.3) is 0 Å². The summed E-state index contributed by atoms with van der Waals surface area (Å²) in [5, 5.41) is 3.36. The third kappa shape index (κ3) is 3.30. The van der Waals surface area contributed by atoms with E-state index in [9.17, 15) is 13.2 Å². The number of hydrogen-bond acceptors (Lipinski definition) is 4. The molecular weight excluding hydrogens is 317 g/mol. The molecule has 1 N–H and O–H groups in total. The van der Waals surface area contributed by atoms with Crippen LogP contribution in [0.2, 0.25) is 0 Å². The monoisotopic (exact) mass is 336 g/mol. The van der Waals surface area contributed by atoms with Crippen LogP contribution in [0.15, 0.2) is 6.20 Å². The maximum atomic E-state index is 12.6. The fraction of sp³-hybridized carbons (Fsp3) is 0.714. The molecule has 8 heteroatoms. The van der Waals surface area contributed by atoms with Gasteiger partial charge >= 0.3 is 6.18 Å². The Kier molecular flexibility index (Phi) is 4.87. The van der Waals surface area contributed by atoms with Crippen LogP contribution < -0.4 is 10.2 Å². The summed E-state index contributed by atoms with van der Waals surface area (Å²) in [7, 11) is 0. The third-order valence-corrected chi connectivity index (χ3v) is 4.65. The van der Waals surface area contributed by atoms with E-state index in [2.05, 4.69) is 20.2 Å². The Labute approximate surface area is 133 Å². The van der Waals surface area contributed by atoms with Crippen LogP contribution in [0, 0.1) is 12.3 Å². The summed E-state index contributed by atoms with van der Waals surface area (Å²) in [6.45, 7) is 5.44. The molecule has 3 rings (SSSR count). The zero-order valence-corrected chi connectivity index (χ0v) is 13.2. The van der Waals surface area contributed by atoms with Gasteiger partial charge in [0.15, 0.2) is 0 Å². The summed E-state index contributed by atoms with van der Waals surface area (Å²) in [5.74, 6) is -1.06. The molecule has 1 aromatic heterocycles. The lowest BCUT2D eigenvalue weighted by Gasteiger charge is -2.34. The molecule has 2 fully saturated rings. The molecule has 0 unspecified atom stereocenters. The van der Waals surface area contributed by atoms with Crippen molar-refractivity contribution in [3.63, 3.8) is 0 Å². The number of piperidine rings is 1. The van der Waals surface area contributed by atoms with Crippen molar-refractivity contribution in [2.45, 2.75) is 32.4 Å². The van der Waals surface area contributed by atoms with Gasteiger partial charge in [-0.3, -0.25) is 0 Å². The number of alkyl halides is 3. The van der Waals surface area contributed by atoms with Crippen LogP contribution in [-0.2, 0) is 6.18 Å². The van der Waals surface area contributed by atoms with Gasteiger partial charge in [0.2, 0.25) is 5.82 Å². The van der Waals surface area contributed by atoms with Gasteiger partial charge < -0.3 is 10.2 Å². The maximum Gasteiger partial charge on any atom is 0.451 e. The van der Waals surface area contributed by atoms with E-state index in [-0.39, 0.29) is 12.4 Å². The van der Waals surface area contributed by atoms with Gasteiger partial charge in [0.25, 0.3) is 0 Å². The van der Waals surface area contributed by atoms with Crippen molar-refractivity contribution in [2.75, 3.05) is 31.1 Å². The van der Waals surface area contributed by atoms with Gasteiger partial charge in [-0.25, -0.2) is 9.97 Å². The number of nitrogens with one attached hydrogen (secondary N) is 1. The normalized spacial score (nSPS) is 21.0. The van der Waals surface area contributed by atoms with E-state index in [1.54, 1.807) is 6.92 Å². The summed E-state index contributed by atoms with van der Waals surface area (Å²) in [4.78, 5) is 9.27. The van der Waals surface area contributed by atoms with E-state index in [4.69, 9.17) is 0 Å². The number of aryl methyl sites for hydroxylation is 1. The highest BCUT2D eigenvalue weighted by Gasteiger charge is 2.40. The number of rotatable bonds is 1. The topological polar surface area (TPSA) is 41.1 Å². The molecule has 2 aliphatic rings. The number of halogens is 4. The highest BCUT2D eigenvalue weighted by molar-refractivity contribution is 5.85. The average Bonchev–Trinajstić information content (AvgIpc) is 2.82. The first-order chi connectivity index (χ1) is 9.90. The zero-order chi connectivity index (χ0) is 15.1. The SMILES string of the molecule is Cc1nc(C(F)(F)F)ncc1N1CCC2(CCNCC2)C1.Cl. The van der Waals surface area contributed by atoms with Crippen molar-refractivity contribution in [1.82, 2.24) is 15.3 Å². The number of anilines is 1. The van der Waals surface area contributed by atoms with Crippen LogP contribution in [-0.4, -0.2) is 36.1 Å². The molecule has 0 aromatic carbocycles. The summed E-state index contributed by atoms with van der Waals surface area (Å²) >= 11 is 0. The van der Waals surface area contributed by atoms with Crippen LogP contribution in [0.3, 0.4) is 0 Å². The van der Waals surface area contributed by atoms with Gasteiger partial charge in [0, 0.05) is 13.1 Å². The van der Waals surface area contributed by atoms with Crippen molar-refractivity contribution >= 4 is 18.1 Å². The Morgan fingerprint density at radius 1 is 1.23 bits per heavy atom. The van der Waals surface area contributed by atoms with Gasteiger partial charge in [-0.1, -0.05) is 0 Å². The fourth-order valence-corrected chi connectivity index (χ4v) is 3.41. The Balaban J connectivity index is 0.00000176. The Morgan fingerprint density at radius 2 is 1.91 bits per heavy atom. The molecule has 124 valence electrons. The zero-order valence-electron chi connectivity index (χ0n) is 12.4. The van der Waals surface area contributed by atoms with Crippen molar-refractivity contribution in [3.05, 3.63) is 17.7 Å². The lowest BCUT2D eigenvalue weighted by molar-refractivity contribution is -0.145. The molecule has 0 atom stereocenters. The van der Waals surface area contributed by atoms with Gasteiger partial charge in [0.05, 0.1) is 17.6 Å². The van der Waals surface area contributed by atoms with Crippen LogP contribution in [0.5, 0.6) is 0 Å². The van der Waals surface area contributed by atoms with E-state index in [0.717, 1.165) is 51.1 Å². The van der Waals surface area contributed by atoms with E-state index < -0.39 is 12.0 Å². The number of nitrogens with zero attached hydrogens (tertiary/aromatic N) is 3. The quantitative estimate of drug-likeness (QED) is 0.856. The smallest absolute Gasteiger partial charge is 0.368 e. The second-order valence-corrected chi connectivity index (χ2v) is 6.08. The van der Waals surface area contributed by atoms with E-state index in [1.807, 2.05) is 0 Å². The van der Waals surface area contributed by atoms with Crippen molar-refractivity contribution in [1.29, 1.82) is 0 Å². The largest absolute Gasteiger partial charge is 0.451 e. The predicted octanol–water partition coefficient (Wildman–Crippen LogP) is 2.81. The first kappa shape index (κ1) is 17.3. The molecule has 0 saturated carbocycles. The molecule has 1 aromatic rings. The molecule has 1 spiro atoms. The second kappa shape index (κ2) is 6.20. The van der Waals surface area contributed by atoms with Gasteiger partial charge in [0.1, 0.15) is 0 Å². The molecule has 2 saturated heterocycles. The molecule has 0 amide bonds. The lowest BCUT2D eigenvalue weighted by Crippen LogP contribution is -2.38. The Morgan fingerprint density at radius 3 is 2.50 bits per heavy atom. The first-order valence-corrected chi connectivity index (χ1v) is 7.26. The van der Waals surface area contributed by atoms with Gasteiger partial charge in [-0.15, -0.1) is 12.4 Å². The van der Waals surface area contributed by atoms with Crippen molar-refractivity contribution < 1.29 is 13.2 Å². The molecule has 0 aliphatic carbocycles. The third-order valence-electron chi connectivity index (χ3n) is 4.65. The Hall–Kier alpha value is -1.08. The molecular formula is C14H20ClF3N4. The minimum absolute atomic E-state index is 0. The molecule has 2 aliphatic heterocycles. The van der Waals surface area contributed by atoms with Gasteiger partial charge in [-0.2, -0.15) is 13.2 Å². The molecule has 3 heterocycles. The number of hydrogen-bond donors (Lipinski definition) is 1. The molecule has 4 nitrogen and oxygen atoms in total. The van der Waals surface area contributed by atoms with Crippen molar-refractivity contribution in [2.24, 2.45) is 5.41 Å². The summed E-state index contributed by atoms with van der Waals surface area (Å²) in [6.07, 6.45) is 0.193. The standard InChI is InChI=1S/C14H19F3N4.ClH/c1-10-11(8-19-12(20-10)14(15,16)17)21-7-4-13(9-21)2-5-18-6-3-13;/h8,18H,2-7,9H2,1H3;1H. The van der Waals surface area contributed by atoms with Crippen LogP contribution >= 0.6 is 12.4 Å². The second-order valence-electron chi connectivity index (χ2n) is 6.08. The number of aromatic nitrogens is 2. The minimum Gasteiger partial charge on any atom is -0.368 e. The fourth-order valence-electron chi connectivity index (χ4n) is 3.41. The van der Waals surface area contributed by atoms with E-state index in [1.165, 1.54) is 6.20 Å². The molecule has 0 bridgehead atoms. The van der Waals surface area contributed by atoms with Crippen LogP contribution in [0.4, 0.5) is 18.9 Å². The summed E-state index contributed by atoms with van der Waals surface area (Å²) in [6, 6.07) is 0. The van der Waals surface area contributed by atoms with E-state index in [0.29, 0.717) is 11.1 Å². The highest BCUT2D eigenvalue weighted by Crippen LogP contribution is 2.41. The summed E-state index contributed by atoms with van der Waals surface area (Å²) in [5.41, 5.74) is 1.45. The van der Waals surface area contributed by atoms with Crippen LogP contribution in [0.1, 0.15) is 30.8 Å². The lowest BCUT2D eigenvalue weighted by atomic mass is 9.78. The average molecular weight is 337 g/mol.